The van der Waals surface area contributed by atoms with Crippen molar-refractivity contribution >= 4 is 0 Å². The fraction of sp³-hybridized carbons (Fsp3) is 0.263. The van der Waals surface area contributed by atoms with Gasteiger partial charge in [0, 0.05) is 13.5 Å². The number of hydrogen-bond acceptors (Lipinski definition) is 2. The van der Waals surface area contributed by atoms with Gasteiger partial charge in [-0.3, -0.25) is 5.01 Å². The van der Waals surface area contributed by atoms with Crippen LogP contribution in [0.3, 0.4) is 0 Å². The van der Waals surface area contributed by atoms with Crippen LogP contribution in [-0.2, 0) is 12.0 Å². The van der Waals surface area contributed by atoms with Gasteiger partial charge in [-0.1, -0.05) is 72.5 Å². The first-order valence-corrected chi connectivity index (χ1v) is 7.43. The molecule has 0 aliphatic heterocycles. The zero-order valence-electron chi connectivity index (χ0n) is 13.5. The van der Waals surface area contributed by atoms with Gasteiger partial charge in [-0.05, 0) is 25.0 Å². The maximum Gasteiger partial charge on any atom is 0.0785 e. The van der Waals surface area contributed by atoms with E-state index < -0.39 is 0 Å². The van der Waals surface area contributed by atoms with Crippen molar-refractivity contribution in [3.05, 3.63) is 84.1 Å². The molecule has 0 aliphatic rings. The van der Waals surface area contributed by atoms with Crippen molar-refractivity contribution in [2.75, 3.05) is 7.05 Å². The second-order valence-corrected chi connectivity index (χ2v) is 5.87. The van der Waals surface area contributed by atoms with Gasteiger partial charge in [0.15, 0.2) is 0 Å². The lowest BCUT2D eigenvalue weighted by molar-refractivity contribution is 0.150. The highest BCUT2D eigenvalue weighted by Gasteiger charge is 2.25. The summed E-state index contributed by atoms with van der Waals surface area (Å²) >= 11 is 0. The average molecular weight is 293 g/mol. The molecule has 2 rings (SSSR count). The highest BCUT2D eigenvalue weighted by molar-refractivity contribution is 5.22. The number of nitrogens with zero attached hydrogens (tertiary/aromatic N) is 3. The number of rotatable bonds is 6. The van der Waals surface area contributed by atoms with Crippen molar-refractivity contribution in [2.24, 2.45) is 10.3 Å². The molecular weight excluding hydrogens is 270 g/mol. The van der Waals surface area contributed by atoms with Crippen LogP contribution in [0.25, 0.3) is 0 Å². The molecule has 0 unspecified atom stereocenters. The van der Waals surface area contributed by atoms with Gasteiger partial charge in [0.05, 0.1) is 11.2 Å². The van der Waals surface area contributed by atoms with Crippen molar-refractivity contribution < 1.29 is 0 Å². The molecule has 2 aromatic carbocycles. The van der Waals surface area contributed by atoms with E-state index in [2.05, 4.69) is 55.0 Å². The maximum atomic E-state index is 4.33. The SMILES string of the molecule is C=C(Cc1ccccc1)N=NN(C)C(C)(C)c1ccccc1. The Labute approximate surface area is 133 Å². The zero-order chi connectivity index (χ0) is 16.0. The number of allylic oxidation sites excluding steroid dienone is 1. The van der Waals surface area contributed by atoms with Crippen LogP contribution in [0.1, 0.15) is 25.0 Å². The normalized spacial score (nSPS) is 11.6. The molecule has 22 heavy (non-hydrogen) atoms. The van der Waals surface area contributed by atoms with Crippen LogP contribution in [-0.4, -0.2) is 12.1 Å². The molecule has 0 radical (unpaired) electrons. The van der Waals surface area contributed by atoms with Gasteiger partial charge in [0.25, 0.3) is 0 Å². The molecule has 3 heteroatoms. The molecular formula is C19H23N3. The Bertz CT molecular complexity index is 630. The molecule has 0 N–H and O–H groups in total. The van der Waals surface area contributed by atoms with Gasteiger partial charge >= 0.3 is 0 Å². The van der Waals surface area contributed by atoms with Crippen molar-refractivity contribution in [3.8, 4) is 0 Å². The van der Waals surface area contributed by atoms with Crippen LogP contribution in [0.4, 0.5) is 0 Å². The third-order valence-electron chi connectivity index (χ3n) is 3.86. The second kappa shape index (κ2) is 7.03. The van der Waals surface area contributed by atoms with Crippen molar-refractivity contribution in [1.29, 1.82) is 0 Å². The molecule has 3 nitrogen and oxygen atoms in total. The molecule has 2 aromatic rings. The standard InChI is InChI=1S/C19H23N3/c1-16(15-17-11-7-5-8-12-17)20-21-22(4)19(2,3)18-13-9-6-10-14-18/h5-14H,1,15H2,2-4H3. The molecule has 0 aliphatic carbocycles. The van der Waals surface area contributed by atoms with Crippen molar-refractivity contribution in [3.63, 3.8) is 0 Å². The van der Waals surface area contributed by atoms with Crippen LogP contribution < -0.4 is 0 Å². The molecule has 0 spiro atoms. The Balaban J connectivity index is 2.01. The number of benzene rings is 2. The van der Waals surface area contributed by atoms with E-state index in [1.807, 2.05) is 48.5 Å². The Morgan fingerprint density at radius 3 is 2.14 bits per heavy atom. The van der Waals surface area contributed by atoms with Gasteiger partial charge in [0.1, 0.15) is 0 Å². The van der Waals surface area contributed by atoms with Crippen LogP contribution in [0.15, 0.2) is 83.3 Å². The first-order chi connectivity index (χ1) is 10.5. The summed E-state index contributed by atoms with van der Waals surface area (Å²) in [6.45, 7) is 8.24. The summed E-state index contributed by atoms with van der Waals surface area (Å²) in [5, 5.41) is 10.5. The van der Waals surface area contributed by atoms with E-state index in [1.54, 1.807) is 0 Å². The molecule has 0 heterocycles. The Morgan fingerprint density at radius 2 is 1.55 bits per heavy atom. The maximum absolute atomic E-state index is 4.33. The molecule has 0 saturated heterocycles. The van der Waals surface area contributed by atoms with Crippen molar-refractivity contribution in [1.82, 2.24) is 5.01 Å². The highest BCUT2D eigenvalue weighted by atomic mass is 15.6. The lowest BCUT2D eigenvalue weighted by Crippen LogP contribution is -2.34. The topological polar surface area (TPSA) is 28.0 Å². The van der Waals surface area contributed by atoms with Crippen LogP contribution in [0.5, 0.6) is 0 Å². The lowest BCUT2D eigenvalue weighted by Gasteiger charge is -2.32. The van der Waals surface area contributed by atoms with Crippen LogP contribution >= 0.6 is 0 Å². The van der Waals surface area contributed by atoms with E-state index in [4.69, 9.17) is 0 Å². The molecule has 0 bridgehead atoms. The van der Waals surface area contributed by atoms with E-state index in [0.717, 1.165) is 5.70 Å². The molecule has 0 saturated carbocycles. The summed E-state index contributed by atoms with van der Waals surface area (Å²) in [7, 11) is 1.94. The first-order valence-electron chi connectivity index (χ1n) is 7.43. The Kier molecular flexibility index (Phi) is 5.10. The van der Waals surface area contributed by atoms with Crippen molar-refractivity contribution in [2.45, 2.75) is 25.8 Å². The third kappa shape index (κ3) is 4.04. The highest BCUT2D eigenvalue weighted by Crippen LogP contribution is 2.26. The van der Waals surface area contributed by atoms with Gasteiger partial charge in [0.2, 0.25) is 0 Å². The fourth-order valence-corrected chi connectivity index (χ4v) is 2.14. The third-order valence-corrected chi connectivity index (χ3v) is 3.86. The monoisotopic (exact) mass is 293 g/mol. The Morgan fingerprint density at radius 1 is 1.00 bits per heavy atom. The van der Waals surface area contributed by atoms with Crippen LogP contribution in [0, 0.1) is 0 Å². The van der Waals surface area contributed by atoms with Gasteiger partial charge < -0.3 is 0 Å². The average Bonchev–Trinajstić information content (AvgIpc) is 2.54. The lowest BCUT2D eigenvalue weighted by atomic mass is 9.94. The predicted octanol–water partition coefficient (Wildman–Crippen LogP) is 4.98. The predicted molar refractivity (Wildman–Crippen MR) is 91.4 cm³/mol. The summed E-state index contributed by atoms with van der Waals surface area (Å²) in [4.78, 5) is 0. The van der Waals surface area contributed by atoms with Crippen LogP contribution in [0.2, 0.25) is 0 Å². The number of hydrogen-bond donors (Lipinski definition) is 0. The molecule has 0 aromatic heterocycles. The van der Waals surface area contributed by atoms with E-state index in [-0.39, 0.29) is 5.54 Å². The molecule has 114 valence electrons. The van der Waals surface area contributed by atoms with E-state index >= 15 is 0 Å². The Hall–Kier alpha value is -2.42. The minimum absolute atomic E-state index is 0.224. The quantitative estimate of drug-likeness (QED) is 0.545. The smallest absolute Gasteiger partial charge is 0.0785 e. The van der Waals surface area contributed by atoms with Gasteiger partial charge in [-0.15, -0.1) is 5.11 Å². The van der Waals surface area contributed by atoms with Gasteiger partial charge in [-0.2, -0.15) is 0 Å². The van der Waals surface area contributed by atoms with E-state index in [0.29, 0.717) is 6.42 Å². The van der Waals surface area contributed by atoms with E-state index in [9.17, 15) is 0 Å². The second-order valence-electron chi connectivity index (χ2n) is 5.87. The summed E-state index contributed by atoms with van der Waals surface area (Å²) < 4.78 is 0. The first kappa shape index (κ1) is 16.0. The molecule has 0 fully saturated rings. The zero-order valence-corrected chi connectivity index (χ0v) is 13.5. The summed E-state index contributed by atoms with van der Waals surface area (Å²) in [6.07, 6.45) is 0.712. The molecule has 0 atom stereocenters. The fourth-order valence-electron chi connectivity index (χ4n) is 2.14. The summed E-state index contributed by atoms with van der Waals surface area (Å²) in [6, 6.07) is 20.5. The minimum Gasteiger partial charge on any atom is -0.272 e. The summed E-state index contributed by atoms with van der Waals surface area (Å²) in [5.41, 5.74) is 2.92. The van der Waals surface area contributed by atoms with Gasteiger partial charge in [-0.25, -0.2) is 0 Å². The van der Waals surface area contributed by atoms with E-state index in [1.165, 1.54) is 11.1 Å². The molecule has 0 amide bonds. The largest absolute Gasteiger partial charge is 0.272 e. The minimum atomic E-state index is -0.224. The summed E-state index contributed by atoms with van der Waals surface area (Å²) in [5.74, 6) is 0.